The molecule has 2 N–H and O–H groups in total. The number of esters is 1. The molecule has 1 aromatic heterocycles. The summed E-state index contributed by atoms with van der Waals surface area (Å²) in [5, 5.41) is 6.17. The number of aromatic amines is 1. The topological polar surface area (TPSA) is 115 Å². The first-order valence-corrected chi connectivity index (χ1v) is 6.76. The van der Waals surface area contributed by atoms with Gasteiger partial charge in [0, 0.05) is 23.8 Å². The van der Waals surface area contributed by atoms with Crippen molar-refractivity contribution in [1.82, 2.24) is 24.8 Å². The number of carbonyl (C=O) groups is 1. The van der Waals surface area contributed by atoms with E-state index in [1.807, 2.05) is 19.9 Å². The van der Waals surface area contributed by atoms with Crippen LogP contribution in [0.2, 0.25) is 0 Å². The third-order valence-electron chi connectivity index (χ3n) is 3.18. The van der Waals surface area contributed by atoms with Crippen molar-refractivity contribution in [3.63, 3.8) is 0 Å². The van der Waals surface area contributed by atoms with Gasteiger partial charge in [0.15, 0.2) is 0 Å². The fraction of sp³-hybridized carbons (Fsp3) is 0.214. The molecule has 3 rings (SSSR count). The van der Waals surface area contributed by atoms with E-state index in [1.54, 1.807) is 0 Å². The lowest BCUT2D eigenvalue weighted by Crippen LogP contribution is -2.18. The lowest BCUT2D eigenvalue weighted by atomic mass is 10.1. The highest BCUT2D eigenvalue weighted by Crippen LogP contribution is 2.20. The van der Waals surface area contributed by atoms with E-state index in [4.69, 9.17) is 4.74 Å². The van der Waals surface area contributed by atoms with Crippen LogP contribution >= 0.6 is 0 Å². The number of anilines is 1. The van der Waals surface area contributed by atoms with Gasteiger partial charge in [-0.2, -0.15) is 5.10 Å². The number of nitrogens with zero attached hydrogens (tertiary/aromatic N) is 4. The molecule has 3 heterocycles. The van der Waals surface area contributed by atoms with Crippen molar-refractivity contribution in [2.24, 2.45) is 0 Å². The summed E-state index contributed by atoms with van der Waals surface area (Å²) in [6, 6.07) is 1.84. The predicted octanol–water partition coefficient (Wildman–Crippen LogP) is 0.745. The van der Waals surface area contributed by atoms with E-state index in [2.05, 4.69) is 25.6 Å². The molecular weight excluding hydrogens is 300 g/mol. The molecule has 0 saturated carbocycles. The van der Waals surface area contributed by atoms with Crippen LogP contribution in [-0.4, -0.2) is 37.9 Å². The van der Waals surface area contributed by atoms with Gasteiger partial charge in [-0.15, -0.1) is 0 Å². The van der Waals surface area contributed by atoms with E-state index in [9.17, 15) is 9.59 Å². The predicted molar refractivity (Wildman–Crippen MR) is 81.3 cm³/mol. The highest BCUT2D eigenvalue weighted by Gasteiger charge is 2.22. The second-order valence-electron chi connectivity index (χ2n) is 4.97. The average molecular weight is 314 g/mol. The maximum absolute atomic E-state index is 11.9. The summed E-state index contributed by atoms with van der Waals surface area (Å²) in [4.78, 5) is 32.2. The zero-order chi connectivity index (χ0) is 16.6. The first kappa shape index (κ1) is 14.7. The van der Waals surface area contributed by atoms with Crippen molar-refractivity contribution >= 4 is 11.9 Å². The summed E-state index contributed by atoms with van der Waals surface area (Å²) in [5.74, 6) is -0.252. The monoisotopic (exact) mass is 314 g/mol. The first-order valence-electron chi connectivity index (χ1n) is 6.76. The molecule has 9 nitrogen and oxygen atoms in total. The normalized spacial score (nSPS) is 10.7. The standard InChI is InChI=1S/C14H14N6O3/c1-7-4-8(2)16-14(15-7)19-20-5-9-11(17-18-12(9)21)10(6-20)13(22)23-3/h4-6H,1-3H3,(H,18,21)(H,15,16,19). The second-order valence-corrected chi connectivity index (χ2v) is 4.97. The number of nitrogens with one attached hydrogen (secondary N) is 2. The summed E-state index contributed by atoms with van der Waals surface area (Å²) in [6.07, 6.45) is 2.98. The molecule has 23 heavy (non-hydrogen) atoms. The van der Waals surface area contributed by atoms with Crippen molar-refractivity contribution in [2.45, 2.75) is 13.8 Å². The molecule has 2 aliphatic rings. The summed E-state index contributed by atoms with van der Waals surface area (Å²) in [6.45, 7) is 3.69. The molecule has 0 bridgehead atoms. The lowest BCUT2D eigenvalue weighted by Gasteiger charge is -2.13. The van der Waals surface area contributed by atoms with Crippen LogP contribution in [0.4, 0.5) is 5.95 Å². The van der Waals surface area contributed by atoms with Crippen LogP contribution in [-0.2, 0) is 4.74 Å². The fourth-order valence-electron chi connectivity index (χ4n) is 2.25. The van der Waals surface area contributed by atoms with Crippen LogP contribution in [0, 0.1) is 13.8 Å². The number of hydrogen-bond donors (Lipinski definition) is 2. The maximum Gasteiger partial charge on any atom is 0.341 e. The van der Waals surface area contributed by atoms with E-state index in [0.717, 1.165) is 11.4 Å². The molecule has 2 aliphatic heterocycles. The summed E-state index contributed by atoms with van der Waals surface area (Å²) in [7, 11) is 1.26. The Morgan fingerprint density at radius 2 is 1.96 bits per heavy atom. The Balaban J connectivity index is 2.10. The number of aromatic nitrogens is 5. The van der Waals surface area contributed by atoms with Gasteiger partial charge in [-0.1, -0.05) is 0 Å². The Kier molecular flexibility index (Phi) is 3.53. The molecule has 9 heteroatoms. The number of H-pyrrole nitrogens is 1. The van der Waals surface area contributed by atoms with Crippen molar-refractivity contribution in [2.75, 3.05) is 12.5 Å². The zero-order valence-corrected chi connectivity index (χ0v) is 12.7. The van der Waals surface area contributed by atoms with E-state index in [-0.39, 0.29) is 16.8 Å². The average Bonchev–Trinajstić information content (AvgIpc) is 2.86. The minimum Gasteiger partial charge on any atom is -0.465 e. The van der Waals surface area contributed by atoms with Crippen LogP contribution in [0.25, 0.3) is 11.3 Å². The minimum absolute atomic E-state index is 0.153. The molecular formula is C14H14N6O3. The largest absolute Gasteiger partial charge is 0.465 e. The summed E-state index contributed by atoms with van der Waals surface area (Å²) >= 11 is 0. The van der Waals surface area contributed by atoms with Crippen LogP contribution in [0.1, 0.15) is 21.7 Å². The number of carbonyl (C=O) groups excluding carboxylic acids is 1. The van der Waals surface area contributed by atoms with Gasteiger partial charge in [0.1, 0.15) is 11.3 Å². The molecule has 118 valence electrons. The lowest BCUT2D eigenvalue weighted by molar-refractivity contribution is 0.0600. The molecule has 0 aliphatic carbocycles. The molecule has 0 radical (unpaired) electrons. The van der Waals surface area contributed by atoms with Crippen LogP contribution in [0.5, 0.6) is 0 Å². The van der Waals surface area contributed by atoms with Gasteiger partial charge in [-0.3, -0.25) is 14.9 Å². The van der Waals surface area contributed by atoms with Gasteiger partial charge in [-0.05, 0) is 19.9 Å². The van der Waals surface area contributed by atoms with Crippen LogP contribution in [0.15, 0.2) is 23.3 Å². The molecule has 0 unspecified atom stereocenters. The number of methoxy groups -OCH3 is 1. The molecule has 0 atom stereocenters. The number of aryl methyl sites for hydroxylation is 2. The summed E-state index contributed by atoms with van der Waals surface area (Å²) < 4.78 is 6.16. The number of ether oxygens (including phenoxy) is 1. The first-order chi connectivity index (χ1) is 11.0. The molecule has 0 amide bonds. The van der Waals surface area contributed by atoms with Crippen LogP contribution in [0.3, 0.4) is 0 Å². The second kappa shape index (κ2) is 5.52. The van der Waals surface area contributed by atoms with E-state index < -0.39 is 11.5 Å². The Bertz CT molecular complexity index is 893. The van der Waals surface area contributed by atoms with E-state index in [0.29, 0.717) is 5.95 Å². The van der Waals surface area contributed by atoms with Crippen molar-refractivity contribution < 1.29 is 9.53 Å². The zero-order valence-electron chi connectivity index (χ0n) is 12.7. The molecule has 0 saturated heterocycles. The molecule has 0 spiro atoms. The number of fused-ring (bicyclic) bond motifs is 1. The SMILES string of the molecule is COC(=O)c1cn(Nc2nc(C)cc(C)n2)cc2c(=O)[nH]nc1-2. The number of rotatable bonds is 3. The number of hydrogen-bond acceptors (Lipinski definition) is 7. The molecule has 0 fully saturated rings. The Labute approximate surface area is 130 Å². The Morgan fingerprint density at radius 3 is 2.61 bits per heavy atom. The van der Waals surface area contributed by atoms with Crippen LogP contribution < -0.4 is 11.0 Å². The molecule has 1 aromatic rings. The van der Waals surface area contributed by atoms with Gasteiger partial charge in [0.25, 0.3) is 5.56 Å². The van der Waals surface area contributed by atoms with Gasteiger partial charge in [-0.25, -0.2) is 19.9 Å². The number of pyridine rings is 1. The Morgan fingerprint density at radius 1 is 1.26 bits per heavy atom. The summed E-state index contributed by atoms with van der Waals surface area (Å²) in [5.41, 5.74) is 4.77. The third-order valence-corrected chi connectivity index (χ3v) is 3.18. The highest BCUT2D eigenvalue weighted by molar-refractivity contribution is 5.96. The van der Waals surface area contributed by atoms with Gasteiger partial charge >= 0.3 is 5.97 Å². The molecule has 0 aromatic carbocycles. The van der Waals surface area contributed by atoms with Crippen molar-refractivity contribution in [1.29, 1.82) is 0 Å². The highest BCUT2D eigenvalue weighted by atomic mass is 16.5. The smallest absolute Gasteiger partial charge is 0.341 e. The van der Waals surface area contributed by atoms with Gasteiger partial charge < -0.3 is 4.74 Å². The van der Waals surface area contributed by atoms with Crippen molar-refractivity contribution in [3.05, 3.63) is 45.8 Å². The van der Waals surface area contributed by atoms with E-state index in [1.165, 1.54) is 24.2 Å². The van der Waals surface area contributed by atoms with E-state index >= 15 is 0 Å². The van der Waals surface area contributed by atoms with Gasteiger partial charge in [0.05, 0.1) is 12.7 Å². The quantitative estimate of drug-likeness (QED) is 0.685. The van der Waals surface area contributed by atoms with Crippen molar-refractivity contribution in [3.8, 4) is 11.3 Å². The fourth-order valence-corrected chi connectivity index (χ4v) is 2.25. The van der Waals surface area contributed by atoms with Gasteiger partial charge in [0.2, 0.25) is 5.95 Å². The third kappa shape index (κ3) is 2.76. The Hall–Kier alpha value is -3.23. The minimum atomic E-state index is -0.598. The maximum atomic E-state index is 11.9.